The number of aromatic nitrogens is 5. The fraction of sp³-hybridized carbons (Fsp3) is 0.0417. The number of pyridine rings is 1. The standard InChI is InChI=1S/C24H17FN6O2/c1-15-13-21(31-24(27-15)29-22(30-31)17-3-2-12-26-14-17)28-19-8-10-20(11-9-19)33-23(32)16-4-6-18(25)7-5-16/h2-14,28H,1H3. The van der Waals surface area contributed by atoms with E-state index in [1.165, 1.54) is 24.3 Å². The molecule has 5 aromatic rings. The van der Waals surface area contributed by atoms with E-state index in [-0.39, 0.29) is 5.56 Å². The van der Waals surface area contributed by atoms with Crippen molar-refractivity contribution in [1.29, 1.82) is 0 Å². The molecule has 9 heteroatoms. The zero-order chi connectivity index (χ0) is 22.8. The number of rotatable bonds is 5. The maximum absolute atomic E-state index is 13.0. The largest absolute Gasteiger partial charge is 0.423 e. The van der Waals surface area contributed by atoms with Crippen LogP contribution in [0.25, 0.3) is 17.2 Å². The smallest absolute Gasteiger partial charge is 0.343 e. The van der Waals surface area contributed by atoms with Crippen LogP contribution in [0.5, 0.6) is 5.75 Å². The normalized spacial score (nSPS) is 10.8. The second-order valence-electron chi connectivity index (χ2n) is 7.22. The van der Waals surface area contributed by atoms with Crippen molar-refractivity contribution in [3.8, 4) is 17.1 Å². The Kier molecular flexibility index (Phi) is 5.19. The number of carbonyl (C=O) groups is 1. The van der Waals surface area contributed by atoms with Gasteiger partial charge in [-0.25, -0.2) is 14.2 Å². The van der Waals surface area contributed by atoms with Crippen LogP contribution in [0.1, 0.15) is 16.1 Å². The number of hydrogen-bond donors (Lipinski definition) is 1. The third-order valence-electron chi connectivity index (χ3n) is 4.78. The molecule has 1 N–H and O–H groups in total. The van der Waals surface area contributed by atoms with Crippen molar-refractivity contribution in [2.24, 2.45) is 0 Å². The number of ether oxygens (including phenoxy) is 1. The van der Waals surface area contributed by atoms with E-state index in [4.69, 9.17) is 4.74 Å². The molecule has 0 atom stereocenters. The summed E-state index contributed by atoms with van der Waals surface area (Å²) in [5, 5.41) is 7.86. The zero-order valence-corrected chi connectivity index (χ0v) is 17.4. The third-order valence-corrected chi connectivity index (χ3v) is 4.78. The van der Waals surface area contributed by atoms with E-state index in [1.807, 2.05) is 25.1 Å². The maximum Gasteiger partial charge on any atom is 0.343 e. The van der Waals surface area contributed by atoms with Gasteiger partial charge in [-0.2, -0.15) is 9.50 Å². The Hall–Kier alpha value is -4.66. The molecule has 8 nitrogen and oxygen atoms in total. The molecule has 0 saturated heterocycles. The summed E-state index contributed by atoms with van der Waals surface area (Å²) in [5.41, 5.74) is 2.59. The van der Waals surface area contributed by atoms with Crippen LogP contribution in [0.4, 0.5) is 15.9 Å². The molecule has 0 fully saturated rings. The molecule has 0 aliphatic heterocycles. The second-order valence-corrected chi connectivity index (χ2v) is 7.22. The number of hydrogen-bond acceptors (Lipinski definition) is 7. The van der Waals surface area contributed by atoms with Gasteiger partial charge < -0.3 is 10.1 Å². The van der Waals surface area contributed by atoms with E-state index in [9.17, 15) is 9.18 Å². The molecule has 162 valence electrons. The summed E-state index contributed by atoms with van der Waals surface area (Å²) >= 11 is 0. The molecule has 0 aliphatic carbocycles. The summed E-state index contributed by atoms with van der Waals surface area (Å²) in [7, 11) is 0. The summed E-state index contributed by atoms with van der Waals surface area (Å²) < 4.78 is 20.0. The van der Waals surface area contributed by atoms with Crippen molar-refractivity contribution in [3.63, 3.8) is 0 Å². The minimum Gasteiger partial charge on any atom is -0.423 e. The number of carbonyl (C=O) groups excluding carboxylic acids is 1. The third kappa shape index (κ3) is 4.38. The lowest BCUT2D eigenvalue weighted by Gasteiger charge is -2.10. The van der Waals surface area contributed by atoms with Gasteiger partial charge in [0, 0.05) is 35.4 Å². The lowest BCUT2D eigenvalue weighted by atomic mass is 10.2. The molecule has 0 unspecified atom stereocenters. The first-order valence-corrected chi connectivity index (χ1v) is 10.0. The molecule has 33 heavy (non-hydrogen) atoms. The fourth-order valence-corrected chi connectivity index (χ4v) is 3.20. The van der Waals surface area contributed by atoms with Gasteiger partial charge in [0.2, 0.25) is 0 Å². The lowest BCUT2D eigenvalue weighted by molar-refractivity contribution is 0.0734. The zero-order valence-electron chi connectivity index (χ0n) is 17.4. The number of anilines is 2. The average molecular weight is 440 g/mol. The van der Waals surface area contributed by atoms with Crippen LogP contribution in [-0.2, 0) is 0 Å². The van der Waals surface area contributed by atoms with Crippen molar-refractivity contribution in [3.05, 3.63) is 96.2 Å². The van der Waals surface area contributed by atoms with Gasteiger partial charge in [-0.3, -0.25) is 4.98 Å². The first-order valence-electron chi connectivity index (χ1n) is 10.0. The van der Waals surface area contributed by atoms with Crippen LogP contribution in [0, 0.1) is 12.7 Å². The first kappa shape index (κ1) is 20.3. The molecule has 0 radical (unpaired) electrons. The first-order chi connectivity index (χ1) is 16.0. The molecule has 0 bridgehead atoms. The Bertz CT molecular complexity index is 1430. The molecule has 3 aromatic heterocycles. The predicted molar refractivity (Wildman–Crippen MR) is 120 cm³/mol. The average Bonchev–Trinajstić information content (AvgIpc) is 3.25. The SMILES string of the molecule is Cc1cc(Nc2ccc(OC(=O)c3ccc(F)cc3)cc2)n2nc(-c3cccnc3)nc2n1. The molecule has 5 rings (SSSR count). The minimum absolute atomic E-state index is 0.267. The lowest BCUT2D eigenvalue weighted by Crippen LogP contribution is -2.08. The monoisotopic (exact) mass is 440 g/mol. The van der Waals surface area contributed by atoms with Gasteiger partial charge in [-0.1, -0.05) is 0 Å². The van der Waals surface area contributed by atoms with Crippen molar-refractivity contribution in [1.82, 2.24) is 24.6 Å². The Morgan fingerprint density at radius 3 is 2.55 bits per heavy atom. The number of aryl methyl sites for hydroxylation is 1. The quantitative estimate of drug-likeness (QED) is 0.315. The van der Waals surface area contributed by atoms with Gasteiger partial charge in [0.05, 0.1) is 5.56 Å². The number of nitrogens with zero attached hydrogens (tertiary/aromatic N) is 5. The van der Waals surface area contributed by atoms with E-state index < -0.39 is 11.8 Å². The minimum atomic E-state index is -0.562. The van der Waals surface area contributed by atoms with Gasteiger partial charge in [0.15, 0.2) is 5.82 Å². The summed E-state index contributed by atoms with van der Waals surface area (Å²) in [4.78, 5) is 25.3. The van der Waals surface area contributed by atoms with E-state index in [2.05, 4.69) is 25.4 Å². The van der Waals surface area contributed by atoms with Crippen LogP contribution in [0.15, 0.2) is 79.1 Å². The Morgan fingerprint density at radius 1 is 1.03 bits per heavy atom. The summed E-state index contributed by atoms with van der Waals surface area (Å²) in [5.74, 6) is 1.05. The van der Waals surface area contributed by atoms with E-state index in [1.54, 1.807) is 41.2 Å². The molecule has 0 spiro atoms. The van der Waals surface area contributed by atoms with Gasteiger partial charge in [0.25, 0.3) is 5.78 Å². The number of fused-ring (bicyclic) bond motifs is 1. The van der Waals surface area contributed by atoms with E-state index >= 15 is 0 Å². The molecule has 2 aromatic carbocycles. The second kappa shape index (κ2) is 8.46. The highest BCUT2D eigenvalue weighted by atomic mass is 19.1. The Morgan fingerprint density at radius 2 is 1.82 bits per heavy atom. The van der Waals surface area contributed by atoms with Crippen LogP contribution in [0.3, 0.4) is 0 Å². The molecule has 3 heterocycles. The van der Waals surface area contributed by atoms with Crippen LogP contribution < -0.4 is 10.1 Å². The highest BCUT2D eigenvalue weighted by Gasteiger charge is 2.13. The van der Waals surface area contributed by atoms with Crippen molar-refractivity contribution < 1.29 is 13.9 Å². The van der Waals surface area contributed by atoms with Crippen molar-refractivity contribution >= 4 is 23.3 Å². The molecule has 0 saturated carbocycles. The Labute approximate surface area is 187 Å². The van der Waals surface area contributed by atoms with E-state index in [0.29, 0.717) is 23.2 Å². The van der Waals surface area contributed by atoms with Gasteiger partial charge >= 0.3 is 5.97 Å². The summed E-state index contributed by atoms with van der Waals surface area (Å²) in [6, 6.07) is 17.6. The number of halogens is 1. The summed E-state index contributed by atoms with van der Waals surface area (Å²) in [6.07, 6.45) is 3.38. The molecular formula is C24H17FN6O2. The topological polar surface area (TPSA) is 94.3 Å². The van der Waals surface area contributed by atoms with E-state index in [0.717, 1.165) is 16.9 Å². The van der Waals surface area contributed by atoms with Crippen molar-refractivity contribution in [2.75, 3.05) is 5.32 Å². The Balaban J connectivity index is 1.36. The van der Waals surface area contributed by atoms with Crippen molar-refractivity contribution in [2.45, 2.75) is 6.92 Å². The highest BCUT2D eigenvalue weighted by Crippen LogP contribution is 2.23. The maximum atomic E-state index is 13.0. The van der Waals surface area contributed by atoms with Crippen LogP contribution >= 0.6 is 0 Å². The van der Waals surface area contributed by atoms with Crippen LogP contribution in [0.2, 0.25) is 0 Å². The van der Waals surface area contributed by atoms with Gasteiger partial charge in [-0.15, -0.1) is 5.10 Å². The molecule has 0 aliphatic rings. The molecule has 0 amide bonds. The number of benzene rings is 2. The van der Waals surface area contributed by atoms with Crippen LogP contribution in [-0.4, -0.2) is 30.5 Å². The number of esters is 1. The number of nitrogens with one attached hydrogen (secondary N) is 1. The van der Waals surface area contributed by atoms with Gasteiger partial charge in [-0.05, 0) is 67.6 Å². The molecular weight excluding hydrogens is 423 g/mol. The van der Waals surface area contributed by atoms with Gasteiger partial charge in [0.1, 0.15) is 17.4 Å². The highest BCUT2D eigenvalue weighted by molar-refractivity contribution is 5.91. The summed E-state index contributed by atoms with van der Waals surface area (Å²) in [6.45, 7) is 1.88. The predicted octanol–water partition coefficient (Wildman–Crippen LogP) is 4.60. The fourth-order valence-electron chi connectivity index (χ4n) is 3.20.